The molecule has 0 amide bonds. The Kier molecular flexibility index (Phi) is 3.00. The second-order valence-corrected chi connectivity index (χ2v) is 6.07. The van der Waals surface area contributed by atoms with E-state index in [0.29, 0.717) is 0 Å². The van der Waals surface area contributed by atoms with Crippen molar-refractivity contribution in [2.75, 3.05) is 0 Å². The lowest BCUT2D eigenvalue weighted by molar-refractivity contribution is 0.850. The molecule has 3 aromatic rings. The molecule has 0 bridgehead atoms. The van der Waals surface area contributed by atoms with Crippen molar-refractivity contribution < 1.29 is 0 Å². The summed E-state index contributed by atoms with van der Waals surface area (Å²) in [5, 5.41) is 1.31. The minimum atomic E-state index is 0.931. The highest BCUT2D eigenvalue weighted by molar-refractivity contribution is 5.90. The molecule has 0 saturated heterocycles. The number of hydrogen-bond acceptors (Lipinski definition) is 0. The number of aryl methyl sites for hydroxylation is 1. The number of para-hydroxylation sites is 1. The minimum absolute atomic E-state index is 0.931. The van der Waals surface area contributed by atoms with Crippen LogP contribution in [-0.4, -0.2) is 4.57 Å². The fraction of sp³-hybridized carbons (Fsp3) is 0.143. The highest BCUT2D eigenvalue weighted by atomic mass is 15.0. The Hall–Kier alpha value is -2.54. The molecule has 4 rings (SSSR count). The second-order valence-electron chi connectivity index (χ2n) is 6.07. The van der Waals surface area contributed by atoms with Gasteiger partial charge in [-0.3, -0.25) is 0 Å². The van der Waals surface area contributed by atoms with Crippen LogP contribution in [0, 0.1) is 6.92 Å². The van der Waals surface area contributed by atoms with Crippen LogP contribution in [0.3, 0.4) is 0 Å². The number of nitrogens with zero attached hydrogens (tertiary/aromatic N) is 1. The molecule has 0 unspecified atom stereocenters. The predicted octanol–water partition coefficient (Wildman–Crippen LogP) is 5.34. The highest BCUT2D eigenvalue weighted by Gasteiger charge is 2.15. The number of hydrogen-bond donors (Lipinski definition) is 0. The van der Waals surface area contributed by atoms with Crippen molar-refractivity contribution in [1.29, 1.82) is 0 Å². The first-order valence-corrected chi connectivity index (χ1v) is 7.76. The molecule has 108 valence electrons. The van der Waals surface area contributed by atoms with E-state index < -0.39 is 0 Å². The number of fused-ring (bicyclic) bond motifs is 3. The average Bonchev–Trinajstić information content (AvgIpc) is 2.82. The van der Waals surface area contributed by atoms with Gasteiger partial charge in [0.25, 0.3) is 0 Å². The van der Waals surface area contributed by atoms with Gasteiger partial charge in [-0.2, -0.15) is 0 Å². The third kappa shape index (κ3) is 2.10. The fourth-order valence-corrected chi connectivity index (χ4v) is 3.19. The summed E-state index contributed by atoms with van der Waals surface area (Å²) in [6.07, 6.45) is 4.61. The van der Waals surface area contributed by atoms with Gasteiger partial charge in [0.2, 0.25) is 0 Å². The molecule has 2 heterocycles. The first kappa shape index (κ1) is 13.1. The maximum Gasteiger partial charge on any atom is 0.0500 e. The maximum absolute atomic E-state index is 2.41. The Morgan fingerprint density at radius 1 is 0.909 bits per heavy atom. The maximum atomic E-state index is 2.41. The molecule has 0 fully saturated rings. The van der Waals surface area contributed by atoms with Gasteiger partial charge in [-0.1, -0.05) is 59.7 Å². The number of rotatable bonds is 1. The minimum Gasteiger partial charge on any atom is -0.337 e. The molecule has 2 aromatic carbocycles. The second kappa shape index (κ2) is 5.03. The lowest BCUT2D eigenvalue weighted by Crippen LogP contribution is -2.00. The lowest BCUT2D eigenvalue weighted by Gasteiger charge is -2.11. The number of aromatic nitrogens is 1. The SMILES string of the molecule is CC1=CCn2c(cc3ccccc32)C(c2ccc(C)cc2)=C1. The van der Waals surface area contributed by atoms with Crippen molar-refractivity contribution in [2.45, 2.75) is 20.4 Å². The van der Waals surface area contributed by atoms with Crippen LogP contribution in [-0.2, 0) is 6.54 Å². The van der Waals surface area contributed by atoms with E-state index in [1.165, 1.54) is 38.9 Å². The highest BCUT2D eigenvalue weighted by Crippen LogP contribution is 2.32. The van der Waals surface area contributed by atoms with E-state index in [-0.39, 0.29) is 0 Å². The molecule has 1 nitrogen and oxygen atoms in total. The third-order valence-corrected chi connectivity index (χ3v) is 4.42. The standard InChI is InChI=1S/C21H19N/c1-15-7-9-17(10-8-15)19-13-16(2)11-12-22-20-6-4-3-5-18(20)14-21(19)22/h3-11,13-14H,12H2,1-2H3. The van der Waals surface area contributed by atoms with E-state index in [4.69, 9.17) is 0 Å². The molecule has 1 heteroatoms. The van der Waals surface area contributed by atoms with Gasteiger partial charge in [-0.25, -0.2) is 0 Å². The molecular formula is C21H19N. The summed E-state index contributed by atoms with van der Waals surface area (Å²) in [7, 11) is 0. The predicted molar refractivity (Wildman–Crippen MR) is 94.0 cm³/mol. The molecule has 1 aliphatic heterocycles. The number of benzene rings is 2. The van der Waals surface area contributed by atoms with Crippen LogP contribution in [0.1, 0.15) is 23.7 Å². The van der Waals surface area contributed by atoms with E-state index in [9.17, 15) is 0 Å². The smallest absolute Gasteiger partial charge is 0.0500 e. The van der Waals surface area contributed by atoms with E-state index in [1.54, 1.807) is 0 Å². The van der Waals surface area contributed by atoms with Crippen molar-refractivity contribution in [2.24, 2.45) is 0 Å². The molecule has 0 spiro atoms. The van der Waals surface area contributed by atoms with Crippen molar-refractivity contribution in [3.05, 3.63) is 89.1 Å². The molecule has 0 radical (unpaired) electrons. The van der Waals surface area contributed by atoms with Crippen LogP contribution < -0.4 is 0 Å². The Balaban J connectivity index is 1.98. The van der Waals surface area contributed by atoms with Crippen LogP contribution in [0.25, 0.3) is 16.5 Å². The summed E-state index contributed by atoms with van der Waals surface area (Å²) in [5.41, 5.74) is 7.82. The Labute approximate surface area is 131 Å². The molecule has 1 aromatic heterocycles. The number of allylic oxidation sites excluding steroid dienone is 3. The molecule has 22 heavy (non-hydrogen) atoms. The zero-order valence-corrected chi connectivity index (χ0v) is 13.0. The molecular weight excluding hydrogens is 266 g/mol. The largest absolute Gasteiger partial charge is 0.337 e. The van der Waals surface area contributed by atoms with Crippen LogP contribution >= 0.6 is 0 Å². The summed E-state index contributed by atoms with van der Waals surface area (Å²) in [6, 6.07) is 19.8. The van der Waals surface area contributed by atoms with E-state index >= 15 is 0 Å². The van der Waals surface area contributed by atoms with Gasteiger partial charge in [0.05, 0.1) is 0 Å². The zero-order valence-electron chi connectivity index (χ0n) is 13.0. The first-order valence-electron chi connectivity index (χ1n) is 7.76. The summed E-state index contributed by atoms with van der Waals surface area (Å²) >= 11 is 0. The Bertz CT molecular complexity index is 905. The van der Waals surface area contributed by atoms with Crippen LogP contribution in [0.2, 0.25) is 0 Å². The molecule has 0 saturated carbocycles. The zero-order chi connectivity index (χ0) is 15.1. The van der Waals surface area contributed by atoms with E-state index in [1.807, 2.05) is 0 Å². The van der Waals surface area contributed by atoms with Crippen LogP contribution in [0.5, 0.6) is 0 Å². The van der Waals surface area contributed by atoms with Gasteiger partial charge in [0, 0.05) is 28.7 Å². The average molecular weight is 285 g/mol. The quantitative estimate of drug-likeness (QED) is 0.568. The van der Waals surface area contributed by atoms with Crippen LogP contribution in [0.4, 0.5) is 0 Å². The van der Waals surface area contributed by atoms with Crippen molar-refractivity contribution >= 4 is 16.5 Å². The summed E-state index contributed by atoms with van der Waals surface area (Å²) < 4.78 is 2.41. The van der Waals surface area contributed by atoms with Gasteiger partial charge >= 0.3 is 0 Å². The van der Waals surface area contributed by atoms with Gasteiger partial charge in [-0.05, 0) is 37.6 Å². The van der Waals surface area contributed by atoms with Gasteiger partial charge in [0.15, 0.2) is 0 Å². The normalized spacial score (nSPS) is 14.3. The van der Waals surface area contributed by atoms with Crippen molar-refractivity contribution in [1.82, 2.24) is 4.57 Å². The topological polar surface area (TPSA) is 4.93 Å². The first-order chi connectivity index (χ1) is 10.7. The molecule has 1 aliphatic rings. The van der Waals surface area contributed by atoms with Gasteiger partial charge in [-0.15, -0.1) is 0 Å². The van der Waals surface area contributed by atoms with E-state index in [2.05, 4.69) is 85.2 Å². The van der Waals surface area contributed by atoms with Gasteiger partial charge in [0.1, 0.15) is 0 Å². The lowest BCUT2D eigenvalue weighted by atomic mass is 9.99. The third-order valence-electron chi connectivity index (χ3n) is 4.42. The molecule has 0 atom stereocenters. The Morgan fingerprint density at radius 2 is 1.68 bits per heavy atom. The van der Waals surface area contributed by atoms with Crippen molar-refractivity contribution in [3.63, 3.8) is 0 Å². The summed E-state index contributed by atoms with van der Waals surface area (Å²) in [4.78, 5) is 0. The van der Waals surface area contributed by atoms with Crippen molar-refractivity contribution in [3.8, 4) is 0 Å². The van der Waals surface area contributed by atoms with Crippen LogP contribution in [0.15, 0.2) is 72.3 Å². The monoisotopic (exact) mass is 285 g/mol. The van der Waals surface area contributed by atoms with E-state index in [0.717, 1.165) is 6.54 Å². The summed E-state index contributed by atoms with van der Waals surface area (Å²) in [6.45, 7) is 5.25. The molecule has 0 aliphatic carbocycles. The summed E-state index contributed by atoms with van der Waals surface area (Å²) in [5.74, 6) is 0. The van der Waals surface area contributed by atoms with Gasteiger partial charge < -0.3 is 4.57 Å². The fourth-order valence-electron chi connectivity index (χ4n) is 3.19. The molecule has 0 N–H and O–H groups in total. The Morgan fingerprint density at radius 3 is 2.50 bits per heavy atom.